The molecular weight excluding hydrogens is 301 g/mol. The molecule has 3 rings (SSSR count). The van der Waals surface area contributed by atoms with E-state index in [1.54, 1.807) is 23.6 Å². The van der Waals surface area contributed by atoms with Crippen LogP contribution in [-0.2, 0) is 4.74 Å². The molecule has 0 fully saturated rings. The first-order valence-electron chi connectivity index (χ1n) is 6.68. The van der Waals surface area contributed by atoms with Gasteiger partial charge in [-0.3, -0.25) is 4.79 Å². The van der Waals surface area contributed by atoms with Gasteiger partial charge in [0.1, 0.15) is 6.10 Å². The summed E-state index contributed by atoms with van der Waals surface area (Å²) in [4.78, 5) is 12.7. The second kappa shape index (κ2) is 5.33. The van der Waals surface area contributed by atoms with Crippen LogP contribution in [0.3, 0.4) is 0 Å². The van der Waals surface area contributed by atoms with Gasteiger partial charge in [0, 0.05) is 11.5 Å². The van der Waals surface area contributed by atoms with Gasteiger partial charge in [0.05, 0.1) is 4.88 Å². The van der Waals surface area contributed by atoms with Gasteiger partial charge in [-0.1, -0.05) is 12.1 Å². The van der Waals surface area contributed by atoms with E-state index in [9.17, 15) is 18.0 Å². The van der Waals surface area contributed by atoms with E-state index in [4.69, 9.17) is 4.74 Å². The first kappa shape index (κ1) is 14.4. The average molecular weight is 314 g/mol. The predicted octanol–water partition coefficient (Wildman–Crippen LogP) is 4.50. The standard InChI is InChI=1S/C15H13F3O2S/c16-15(17,18)14-10(13(19)12-6-3-7-21-12)8-9-4-1-2-5-11(9)20-14/h2-3,5-7,9,11H,1,4,8H2. The summed E-state index contributed by atoms with van der Waals surface area (Å²) in [6.07, 6.45) is -0.0257. The molecule has 0 radical (unpaired) electrons. The number of allylic oxidation sites excluding steroid dienone is 3. The maximum atomic E-state index is 13.2. The minimum atomic E-state index is -4.64. The molecule has 2 heterocycles. The number of alkyl halides is 3. The van der Waals surface area contributed by atoms with Crippen LogP contribution in [0.2, 0.25) is 0 Å². The summed E-state index contributed by atoms with van der Waals surface area (Å²) in [5.41, 5.74) is -0.235. The number of Topliss-reactive ketones (excluding diaryl/α,β-unsaturated/α-hetero) is 1. The fourth-order valence-electron chi connectivity index (χ4n) is 2.77. The molecule has 0 saturated carbocycles. The van der Waals surface area contributed by atoms with E-state index in [-0.39, 0.29) is 17.9 Å². The number of carbonyl (C=O) groups excluding carboxylic acids is 1. The lowest BCUT2D eigenvalue weighted by Gasteiger charge is -2.35. The summed E-state index contributed by atoms with van der Waals surface area (Å²) >= 11 is 1.15. The van der Waals surface area contributed by atoms with Gasteiger partial charge in [-0.05, 0) is 36.8 Å². The zero-order chi connectivity index (χ0) is 15.0. The van der Waals surface area contributed by atoms with Crippen LogP contribution in [0.4, 0.5) is 13.2 Å². The molecule has 0 amide bonds. The summed E-state index contributed by atoms with van der Waals surface area (Å²) < 4.78 is 44.7. The van der Waals surface area contributed by atoms with Gasteiger partial charge in [-0.15, -0.1) is 11.3 Å². The molecule has 21 heavy (non-hydrogen) atoms. The Bertz CT molecular complexity index is 599. The van der Waals surface area contributed by atoms with Crippen molar-refractivity contribution < 1.29 is 22.7 Å². The number of ketones is 1. The van der Waals surface area contributed by atoms with E-state index in [2.05, 4.69) is 0 Å². The Morgan fingerprint density at radius 2 is 2.19 bits per heavy atom. The SMILES string of the molecule is O=C(C1=C(C(F)(F)F)OC2C=CCCC2C1)c1cccs1. The van der Waals surface area contributed by atoms with Gasteiger partial charge in [0.25, 0.3) is 0 Å². The number of thiophene rings is 1. The monoisotopic (exact) mass is 314 g/mol. The van der Waals surface area contributed by atoms with Crippen LogP contribution < -0.4 is 0 Å². The Morgan fingerprint density at radius 1 is 1.38 bits per heavy atom. The van der Waals surface area contributed by atoms with Gasteiger partial charge >= 0.3 is 6.18 Å². The summed E-state index contributed by atoms with van der Waals surface area (Å²) in [6, 6.07) is 3.20. The molecule has 2 aliphatic rings. The van der Waals surface area contributed by atoms with Crippen molar-refractivity contribution in [1.82, 2.24) is 0 Å². The topological polar surface area (TPSA) is 26.3 Å². The van der Waals surface area contributed by atoms with Crippen molar-refractivity contribution in [3.05, 3.63) is 45.9 Å². The normalized spacial score (nSPS) is 25.5. The molecule has 2 unspecified atom stereocenters. The van der Waals surface area contributed by atoms with Crippen LogP contribution in [-0.4, -0.2) is 18.1 Å². The molecule has 6 heteroatoms. The zero-order valence-corrected chi connectivity index (χ0v) is 11.8. The Balaban J connectivity index is 2.01. The highest BCUT2D eigenvalue weighted by Gasteiger charge is 2.46. The smallest absolute Gasteiger partial charge is 0.449 e. The van der Waals surface area contributed by atoms with E-state index in [0.717, 1.165) is 24.2 Å². The van der Waals surface area contributed by atoms with Crippen LogP contribution >= 0.6 is 11.3 Å². The number of carbonyl (C=O) groups is 1. The summed E-state index contributed by atoms with van der Waals surface area (Å²) in [6.45, 7) is 0. The minimum Gasteiger partial charge on any atom is -0.481 e. The third kappa shape index (κ3) is 2.77. The number of hydrogen-bond acceptors (Lipinski definition) is 3. The number of ether oxygens (including phenoxy) is 1. The largest absolute Gasteiger partial charge is 0.481 e. The Labute approximate surface area is 123 Å². The molecule has 112 valence electrons. The van der Waals surface area contributed by atoms with E-state index in [1.807, 2.05) is 6.08 Å². The van der Waals surface area contributed by atoms with Crippen LogP contribution in [0, 0.1) is 5.92 Å². The second-order valence-electron chi connectivity index (χ2n) is 5.16. The Hall–Kier alpha value is -1.56. The third-order valence-electron chi connectivity index (χ3n) is 3.77. The van der Waals surface area contributed by atoms with Crippen molar-refractivity contribution in [2.45, 2.75) is 31.5 Å². The van der Waals surface area contributed by atoms with E-state index in [0.29, 0.717) is 4.88 Å². The number of hydrogen-bond donors (Lipinski definition) is 0. The molecule has 1 aromatic rings. The molecule has 0 N–H and O–H groups in total. The maximum Gasteiger partial charge on any atom is 0.449 e. The van der Waals surface area contributed by atoms with Crippen molar-refractivity contribution in [2.24, 2.45) is 5.92 Å². The van der Waals surface area contributed by atoms with Gasteiger partial charge < -0.3 is 4.74 Å². The first-order chi connectivity index (χ1) is 9.97. The molecule has 2 nitrogen and oxygen atoms in total. The van der Waals surface area contributed by atoms with Crippen LogP contribution in [0.1, 0.15) is 28.9 Å². The predicted molar refractivity (Wildman–Crippen MR) is 73.1 cm³/mol. The second-order valence-corrected chi connectivity index (χ2v) is 6.11. The highest BCUT2D eigenvalue weighted by molar-refractivity contribution is 7.12. The van der Waals surface area contributed by atoms with Gasteiger partial charge in [-0.2, -0.15) is 13.2 Å². The third-order valence-corrected chi connectivity index (χ3v) is 4.63. The lowest BCUT2D eigenvalue weighted by molar-refractivity contribution is -0.146. The lowest BCUT2D eigenvalue weighted by Crippen LogP contribution is -2.35. The molecule has 2 atom stereocenters. The van der Waals surface area contributed by atoms with Crippen molar-refractivity contribution in [3.63, 3.8) is 0 Å². The fraction of sp³-hybridized carbons (Fsp3) is 0.400. The molecular formula is C15H13F3O2S. The van der Waals surface area contributed by atoms with Crippen molar-refractivity contribution in [3.8, 4) is 0 Å². The number of fused-ring (bicyclic) bond motifs is 1. The van der Waals surface area contributed by atoms with Crippen molar-refractivity contribution >= 4 is 17.1 Å². The summed E-state index contributed by atoms with van der Waals surface area (Å²) in [5.74, 6) is -1.74. The number of rotatable bonds is 2. The average Bonchev–Trinajstić information content (AvgIpc) is 2.98. The van der Waals surface area contributed by atoms with E-state index >= 15 is 0 Å². The highest BCUT2D eigenvalue weighted by Crippen LogP contribution is 2.42. The Morgan fingerprint density at radius 3 is 2.86 bits per heavy atom. The van der Waals surface area contributed by atoms with Crippen molar-refractivity contribution in [2.75, 3.05) is 0 Å². The maximum absolute atomic E-state index is 13.2. The van der Waals surface area contributed by atoms with Crippen molar-refractivity contribution in [1.29, 1.82) is 0 Å². The Kier molecular flexibility index (Phi) is 3.65. The molecule has 0 aromatic carbocycles. The molecule has 1 aliphatic carbocycles. The zero-order valence-electron chi connectivity index (χ0n) is 11.0. The molecule has 0 bridgehead atoms. The quantitative estimate of drug-likeness (QED) is 0.593. The minimum absolute atomic E-state index is 0.0555. The molecule has 1 aliphatic heterocycles. The summed E-state index contributed by atoms with van der Waals surface area (Å²) in [5, 5.41) is 1.68. The highest BCUT2D eigenvalue weighted by atomic mass is 32.1. The van der Waals surface area contributed by atoms with Crippen LogP contribution in [0.25, 0.3) is 0 Å². The lowest BCUT2D eigenvalue weighted by atomic mass is 9.82. The van der Waals surface area contributed by atoms with Gasteiger partial charge in [0.2, 0.25) is 11.5 Å². The van der Waals surface area contributed by atoms with Crippen LogP contribution in [0.5, 0.6) is 0 Å². The van der Waals surface area contributed by atoms with Gasteiger partial charge in [0.15, 0.2) is 0 Å². The van der Waals surface area contributed by atoms with E-state index in [1.165, 1.54) is 0 Å². The summed E-state index contributed by atoms with van der Waals surface area (Å²) in [7, 11) is 0. The first-order valence-corrected chi connectivity index (χ1v) is 7.56. The molecule has 0 saturated heterocycles. The van der Waals surface area contributed by atoms with E-state index < -0.39 is 23.8 Å². The molecule has 0 spiro atoms. The number of halogens is 3. The van der Waals surface area contributed by atoms with Crippen LogP contribution in [0.15, 0.2) is 41.0 Å². The fourth-order valence-corrected chi connectivity index (χ4v) is 3.46. The van der Waals surface area contributed by atoms with Gasteiger partial charge in [-0.25, -0.2) is 0 Å². The molecule has 1 aromatic heterocycles.